The summed E-state index contributed by atoms with van der Waals surface area (Å²) in [6, 6.07) is 0.541. The topological polar surface area (TPSA) is 58.4 Å². The predicted octanol–water partition coefficient (Wildman–Crippen LogP) is 0.570. The number of likely N-dealkylation sites (N-methyl/N-ethyl adjacent to an activating group) is 1. The molecule has 0 bridgehead atoms. The van der Waals surface area contributed by atoms with Crippen molar-refractivity contribution in [3.8, 4) is 0 Å². The van der Waals surface area contributed by atoms with Crippen LogP contribution in [0.3, 0.4) is 0 Å². The Morgan fingerprint density at radius 1 is 1.53 bits per heavy atom. The lowest BCUT2D eigenvalue weighted by molar-refractivity contribution is -0.123. The summed E-state index contributed by atoms with van der Waals surface area (Å²) in [5.74, 6) is -0.280. The largest absolute Gasteiger partial charge is 0.368 e. The van der Waals surface area contributed by atoms with Crippen molar-refractivity contribution in [2.45, 2.75) is 45.2 Å². The van der Waals surface area contributed by atoms with Crippen LogP contribution in [-0.4, -0.2) is 43.0 Å². The average molecular weight is 215 g/mol. The van der Waals surface area contributed by atoms with Gasteiger partial charge in [0, 0.05) is 6.04 Å². The third-order valence-corrected chi connectivity index (χ3v) is 3.16. The van der Waals surface area contributed by atoms with Crippen molar-refractivity contribution in [3.63, 3.8) is 0 Å². The van der Waals surface area contributed by atoms with Crippen LogP contribution in [0.25, 0.3) is 0 Å². The molecule has 0 fully saturated rings. The molecule has 4 nitrogen and oxygen atoms in total. The molecule has 3 N–H and O–H groups in total. The van der Waals surface area contributed by atoms with E-state index in [2.05, 4.69) is 31.1 Å². The molecule has 90 valence electrons. The number of carbonyl (C=O) groups excluding carboxylic acids is 1. The van der Waals surface area contributed by atoms with Crippen LogP contribution in [0.1, 0.15) is 33.6 Å². The second-order valence-corrected chi connectivity index (χ2v) is 4.62. The first kappa shape index (κ1) is 14.4. The number of hydrogen-bond donors (Lipinski definition) is 2. The minimum atomic E-state index is -0.572. The maximum Gasteiger partial charge on any atom is 0.237 e. The third kappa shape index (κ3) is 4.62. The van der Waals surface area contributed by atoms with Gasteiger partial charge in [-0.05, 0) is 54.3 Å². The van der Waals surface area contributed by atoms with Crippen molar-refractivity contribution in [1.82, 2.24) is 10.2 Å². The molecule has 0 aromatic heterocycles. The second kappa shape index (κ2) is 6.08. The van der Waals surface area contributed by atoms with E-state index >= 15 is 0 Å². The molecule has 0 aliphatic carbocycles. The number of nitrogens with zero attached hydrogens (tertiary/aromatic N) is 1. The summed E-state index contributed by atoms with van der Waals surface area (Å²) >= 11 is 0. The molecule has 4 heteroatoms. The zero-order valence-corrected chi connectivity index (χ0v) is 10.6. The van der Waals surface area contributed by atoms with E-state index < -0.39 is 5.54 Å². The quantitative estimate of drug-likeness (QED) is 0.653. The Hall–Kier alpha value is -0.610. The first-order chi connectivity index (χ1) is 6.83. The van der Waals surface area contributed by atoms with Gasteiger partial charge in [-0.25, -0.2) is 0 Å². The van der Waals surface area contributed by atoms with Gasteiger partial charge in [-0.3, -0.25) is 4.79 Å². The molecule has 0 rings (SSSR count). The van der Waals surface area contributed by atoms with Crippen molar-refractivity contribution in [3.05, 3.63) is 0 Å². The molecule has 0 heterocycles. The molecule has 0 aliphatic heterocycles. The summed E-state index contributed by atoms with van der Waals surface area (Å²) in [6.07, 6.45) is 1.74. The fourth-order valence-electron chi connectivity index (χ4n) is 1.31. The van der Waals surface area contributed by atoms with Gasteiger partial charge in [-0.1, -0.05) is 0 Å². The average Bonchev–Trinajstić information content (AvgIpc) is 2.16. The maximum absolute atomic E-state index is 11.2. The molecule has 0 saturated heterocycles. The van der Waals surface area contributed by atoms with E-state index in [1.54, 1.807) is 7.05 Å². The van der Waals surface area contributed by atoms with Crippen molar-refractivity contribution in [2.24, 2.45) is 5.73 Å². The molecule has 15 heavy (non-hydrogen) atoms. The highest BCUT2D eigenvalue weighted by Crippen LogP contribution is 2.11. The van der Waals surface area contributed by atoms with E-state index in [0.29, 0.717) is 6.04 Å². The number of rotatable bonds is 7. The summed E-state index contributed by atoms with van der Waals surface area (Å²) < 4.78 is 0. The second-order valence-electron chi connectivity index (χ2n) is 4.62. The minimum absolute atomic E-state index is 0.280. The van der Waals surface area contributed by atoms with Crippen LogP contribution >= 0.6 is 0 Å². The maximum atomic E-state index is 11.2. The van der Waals surface area contributed by atoms with Crippen LogP contribution in [0.15, 0.2) is 0 Å². The zero-order valence-electron chi connectivity index (χ0n) is 10.6. The molecule has 1 amide bonds. The van der Waals surface area contributed by atoms with Gasteiger partial charge in [0.15, 0.2) is 0 Å². The van der Waals surface area contributed by atoms with Gasteiger partial charge < -0.3 is 16.0 Å². The highest BCUT2D eigenvalue weighted by molar-refractivity contribution is 5.84. The molecule has 0 saturated carbocycles. The fraction of sp³-hybridized carbons (Fsp3) is 0.909. The van der Waals surface area contributed by atoms with Gasteiger partial charge in [0.1, 0.15) is 0 Å². The standard InChI is InChI=1S/C11H25N3O/c1-9(2)14(5)8-6-7-11(3,13-4)10(12)15/h9,13H,6-8H2,1-5H3,(H2,12,15). The summed E-state index contributed by atoms with van der Waals surface area (Å²) in [6.45, 7) is 7.16. The molecule has 0 aromatic carbocycles. The van der Waals surface area contributed by atoms with E-state index in [-0.39, 0.29) is 5.91 Å². The summed E-state index contributed by atoms with van der Waals surface area (Å²) in [5, 5.41) is 2.99. The molecule has 0 spiro atoms. The molecule has 0 aliphatic rings. The minimum Gasteiger partial charge on any atom is -0.368 e. The molecular weight excluding hydrogens is 190 g/mol. The lowest BCUT2D eigenvalue weighted by atomic mass is 9.95. The summed E-state index contributed by atoms with van der Waals surface area (Å²) in [4.78, 5) is 13.5. The number of hydrogen-bond acceptors (Lipinski definition) is 3. The molecule has 0 aromatic rings. The SMILES string of the molecule is CNC(C)(CCCN(C)C(C)C)C(N)=O. The smallest absolute Gasteiger partial charge is 0.237 e. The highest BCUT2D eigenvalue weighted by Gasteiger charge is 2.28. The van der Waals surface area contributed by atoms with E-state index in [1.807, 2.05) is 6.92 Å². The lowest BCUT2D eigenvalue weighted by Crippen LogP contribution is -2.51. The van der Waals surface area contributed by atoms with Crippen LogP contribution in [0.5, 0.6) is 0 Å². The van der Waals surface area contributed by atoms with Crippen LogP contribution in [0.4, 0.5) is 0 Å². The Morgan fingerprint density at radius 3 is 2.40 bits per heavy atom. The van der Waals surface area contributed by atoms with Gasteiger partial charge in [-0.2, -0.15) is 0 Å². The molecular formula is C11H25N3O. The Bertz CT molecular complexity index is 206. The highest BCUT2D eigenvalue weighted by atomic mass is 16.1. The normalized spacial score (nSPS) is 15.7. The van der Waals surface area contributed by atoms with E-state index in [4.69, 9.17) is 5.73 Å². The van der Waals surface area contributed by atoms with Gasteiger partial charge in [0.2, 0.25) is 5.91 Å². The predicted molar refractivity (Wildman–Crippen MR) is 63.7 cm³/mol. The monoisotopic (exact) mass is 215 g/mol. The van der Waals surface area contributed by atoms with Crippen molar-refractivity contribution in [2.75, 3.05) is 20.6 Å². The first-order valence-electron chi connectivity index (χ1n) is 5.52. The Labute approximate surface area is 93.2 Å². The first-order valence-corrected chi connectivity index (χ1v) is 5.52. The fourth-order valence-corrected chi connectivity index (χ4v) is 1.31. The van der Waals surface area contributed by atoms with E-state index in [9.17, 15) is 4.79 Å². The van der Waals surface area contributed by atoms with E-state index in [1.165, 1.54) is 0 Å². The Morgan fingerprint density at radius 2 is 2.07 bits per heavy atom. The summed E-state index contributed by atoms with van der Waals surface area (Å²) in [7, 11) is 3.86. The Balaban J connectivity index is 3.98. The Kier molecular flexibility index (Phi) is 5.83. The van der Waals surface area contributed by atoms with Crippen LogP contribution in [-0.2, 0) is 4.79 Å². The third-order valence-electron chi connectivity index (χ3n) is 3.16. The zero-order chi connectivity index (χ0) is 12.1. The summed E-state index contributed by atoms with van der Waals surface area (Å²) in [5.41, 5.74) is 4.77. The van der Waals surface area contributed by atoms with Gasteiger partial charge in [-0.15, -0.1) is 0 Å². The van der Waals surface area contributed by atoms with Crippen LogP contribution in [0, 0.1) is 0 Å². The molecule has 1 unspecified atom stereocenters. The lowest BCUT2D eigenvalue weighted by Gasteiger charge is -2.27. The van der Waals surface area contributed by atoms with Crippen molar-refractivity contribution < 1.29 is 4.79 Å². The number of amides is 1. The number of nitrogens with one attached hydrogen (secondary N) is 1. The molecule has 1 atom stereocenters. The van der Waals surface area contributed by atoms with E-state index in [0.717, 1.165) is 19.4 Å². The molecule has 0 radical (unpaired) electrons. The van der Waals surface area contributed by atoms with Crippen molar-refractivity contribution >= 4 is 5.91 Å². The van der Waals surface area contributed by atoms with Gasteiger partial charge >= 0.3 is 0 Å². The number of nitrogens with two attached hydrogens (primary N) is 1. The van der Waals surface area contributed by atoms with Crippen molar-refractivity contribution in [1.29, 1.82) is 0 Å². The van der Waals surface area contributed by atoms with Crippen LogP contribution < -0.4 is 11.1 Å². The number of carbonyl (C=O) groups is 1. The van der Waals surface area contributed by atoms with Gasteiger partial charge in [0.25, 0.3) is 0 Å². The van der Waals surface area contributed by atoms with Gasteiger partial charge in [0.05, 0.1) is 5.54 Å². The number of primary amides is 1. The van der Waals surface area contributed by atoms with Crippen LogP contribution in [0.2, 0.25) is 0 Å².